The number of aromatic nitrogens is 2. The topological polar surface area (TPSA) is 98.1 Å². The van der Waals surface area contributed by atoms with Crippen LogP contribution in [0.5, 0.6) is 0 Å². The lowest BCUT2D eigenvalue weighted by Gasteiger charge is -2.14. The molecule has 2 heterocycles. The van der Waals surface area contributed by atoms with Crippen LogP contribution < -0.4 is 10.7 Å². The van der Waals surface area contributed by atoms with Crippen molar-refractivity contribution in [3.8, 4) is 0 Å². The highest BCUT2D eigenvalue weighted by molar-refractivity contribution is 7.91. The van der Waals surface area contributed by atoms with Crippen LogP contribution in [0.1, 0.15) is 23.7 Å². The number of carbonyl (C=O) groups excluding carboxylic acids is 1. The molecule has 0 saturated heterocycles. The molecule has 1 amide bonds. The zero-order valence-electron chi connectivity index (χ0n) is 19.2. The van der Waals surface area contributed by atoms with Crippen molar-refractivity contribution in [2.24, 2.45) is 0 Å². The second-order valence-electron chi connectivity index (χ2n) is 8.19. The molecule has 0 aliphatic carbocycles. The maximum Gasteiger partial charge on any atom is 0.244 e. The van der Waals surface area contributed by atoms with E-state index in [9.17, 15) is 18.0 Å². The fraction of sp³-hybridized carbons (Fsp3) is 0.192. The molecule has 7 nitrogen and oxygen atoms in total. The Bertz CT molecular complexity index is 1560. The van der Waals surface area contributed by atoms with Crippen LogP contribution in [0.25, 0.3) is 11.0 Å². The van der Waals surface area contributed by atoms with Gasteiger partial charge in [-0.25, -0.2) is 13.4 Å². The van der Waals surface area contributed by atoms with E-state index in [1.807, 2.05) is 32.0 Å². The van der Waals surface area contributed by atoms with Crippen LogP contribution >= 0.6 is 0 Å². The van der Waals surface area contributed by atoms with Crippen LogP contribution in [-0.2, 0) is 27.6 Å². The van der Waals surface area contributed by atoms with Gasteiger partial charge in [0.15, 0.2) is 0 Å². The molecule has 4 rings (SSSR count). The Balaban J connectivity index is 1.81. The molecule has 2 aromatic carbocycles. The van der Waals surface area contributed by atoms with E-state index < -0.39 is 20.2 Å². The van der Waals surface area contributed by atoms with Gasteiger partial charge in [-0.15, -0.1) is 0 Å². The van der Waals surface area contributed by atoms with Gasteiger partial charge in [-0.2, -0.15) is 0 Å². The predicted molar refractivity (Wildman–Crippen MR) is 132 cm³/mol. The largest absolute Gasteiger partial charge is 0.325 e. The molecule has 0 bridgehead atoms. The number of benzene rings is 2. The summed E-state index contributed by atoms with van der Waals surface area (Å²) in [7, 11) is -4.11. The molecular weight excluding hydrogens is 450 g/mol. The van der Waals surface area contributed by atoms with Gasteiger partial charge in [0, 0.05) is 17.6 Å². The lowest BCUT2D eigenvalue weighted by atomic mass is 10.2. The summed E-state index contributed by atoms with van der Waals surface area (Å²) < 4.78 is 28.2. The summed E-state index contributed by atoms with van der Waals surface area (Å²) in [5.74, 6) is -0.366. The fourth-order valence-corrected chi connectivity index (χ4v) is 5.12. The van der Waals surface area contributed by atoms with Crippen LogP contribution in [0.4, 0.5) is 5.69 Å². The minimum absolute atomic E-state index is 0.0250. The highest BCUT2D eigenvalue weighted by atomic mass is 32.2. The summed E-state index contributed by atoms with van der Waals surface area (Å²) in [6, 6.07) is 17.0. The molecule has 0 saturated carbocycles. The highest BCUT2D eigenvalue weighted by Crippen LogP contribution is 2.22. The third-order valence-corrected chi connectivity index (χ3v) is 7.34. The van der Waals surface area contributed by atoms with Gasteiger partial charge in [0.05, 0.1) is 10.3 Å². The van der Waals surface area contributed by atoms with Crippen LogP contribution in [-0.4, -0.2) is 23.9 Å². The minimum Gasteiger partial charge on any atom is -0.325 e. The Morgan fingerprint density at radius 2 is 1.76 bits per heavy atom. The smallest absolute Gasteiger partial charge is 0.244 e. The molecule has 0 unspecified atom stereocenters. The van der Waals surface area contributed by atoms with Crippen molar-refractivity contribution in [3.63, 3.8) is 0 Å². The third kappa shape index (κ3) is 4.63. The number of carbonyl (C=O) groups is 1. The Labute approximate surface area is 198 Å². The fourth-order valence-electron chi connectivity index (χ4n) is 3.75. The Hall–Kier alpha value is -3.78. The first-order chi connectivity index (χ1) is 16.2. The molecule has 174 valence electrons. The number of hydrogen-bond acceptors (Lipinski definition) is 5. The zero-order valence-corrected chi connectivity index (χ0v) is 20.0. The minimum atomic E-state index is -4.11. The first-order valence-electron chi connectivity index (χ1n) is 10.9. The number of aryl methyl sites for hydroxylation is 3. The maximum atomic E-state index is 13.4. The van der Waals surface area contributed by atoms with Crippen LogP contribution in [0.2, 0.25) is 0 Å². The average Bonchev–Trinajstić information content (AvgIpc) is 2.80. The third-order valence-electron chi connectivity index (χ3n) is 5.58. The molecule has 0 aliphatic rings. The second-order valence-corrected chi connectivity index (χ2v) is 10.1. The number of nitrogens with one attached hydrogen (secondary N) is 1. The second kappa shape index (κ2) is 9.23. The average molecular weight is 476 g/mol. The van der Waals surface area contributed by atoms with Crippen molar-refractivity contribution in [2.75, 3.05) is 5.32 Å². The summed E-state index contributed by atoms with van der Waals surface area (Å²) in [5, 5.41) is 2.95. The van der Waals surface area contributed by atoms with E-state index in [-0.39, 0.29) is 28.4 Å². The number of rotatable bonds is 6. The van der Waals surface area contributed by atoms with Crippen LogP contribution in [0.15, 0.2) is 81.4 Å². The molecule has 0 spiro atoms. The number of pyridine rings is 2. The molecule has 34 heavy (non-hydrogen) atoms. The lowest BCUT2D eigenvalue weighted by Crippen LogP contribution is -2.24. The lowest BCUT2D eigenvalue weighted by molar-refractivity contribution is -0.116. The number of hydrogen-bond donors (Lipinski definition) is 1. The molecule has 8 heteroatoms. The molecule has 0 fully saturated rings. The van der Waals surface area contributed by atoms with E-state index in [4.69, 9.17) is 0 Å². The molecule has 0 atom stereocenters. The van der Waals surface area contributed by atoms with E-state index in [0.29, 0.717) is 11.4 Å². The molecule has 0 aliphatic heterocycles. The zero-order chi connectivity index (χ0) is 24.5. The van der Waals surface area contributed by atoms with E-state index in [1.165, 1.54) is 22.9 Å². The normalized spacial score (nSPS) is 11.5. The number of anilines is 1. The Morgan fingerprint density at radius 3 is 2.44 bits per heavy atom. The number of sulfone groups is 1. The SMILES string of the molecule is CCc1ccc(S(=O)(=O)c2cn(CC(=O)Nc3cccc(C)c3)c3nc(C)ccc3c2=O)cc1. The van der Waals surface area contributed by atoms with Crippen molar-refractivity contribution in [2.45, 2.75) is 43.5 Å². The molecular formula is C26H25N3O4S. The molecule has 2 aromatic heterocycles. The number of nitrogens with zero attached hydrogens (tertiary/aromatic N) is 2. The monoisotopic (exact) mass is 475 g/mol. The van der Waals surface area contributed by atoms with Crippen molar-refractivity contribution >= 4 is 32.5 Å². The standard InChI is InChI=1S/C26H25N3O4S/c1-4-19-9-11-21(12-10-19)34(32,33)23-15-29(26-22(25(23)31)13-8-18(3)27-26)16-24(30)28-20-7-5-6-17(2)14-20/h5-15H,4,16H2,1-3H3,(H,28,30). The summed E-state index contributed by atoms with van der Waals surface area (Å²) >= 11 is 0. The Morgan fingerprint density at radius 1 is 1.03 bits per heavy atom. The first-order valence-corrected chi connectivity index (χ1v) is 12.4. The van der Waals surface area contributed by atoms with Gasteiger partial charge in [-0.1, -0.05) is 31.2 Å². The summed E-state index contributed by atoms with van der Waals surface area (Å²) in [6.45, 7) is 5.45. The number of fused-ring (bicyclic) bond motifs is 1. The van der Waals surface area contributed by atoms with Gasteiger partial charge >= 0.3 is 0 Å². The van der Waals surface area contributed by atoms with Crippen LogP contribution in [0.3, 0.4) is 0 Å². The Kier molecular flexibility index (Phi) is 6.34. The van der Waals surface area contributed by atoms with Gasteiger partial charge in [0.1, 0.15) is 17.1 Å². The maximum absolute atomic E-state index is 13.4. The van der Waals surface area contributed by atoms with Gasteiger partial charge in [0.2, 0.25) is 21.2 Å². The van der Waals surface area contributed by atoms with E-state index in [2.05, 4.69) is 10.3 Å². The van der Waals surface area contributed by atoms with Crippen LogP contribution in [0, 0.1) is 13.8 Å². The van der Waals surface area contributed by atoms with Gasteiger partial charge in [-0.05, 0) is 67.8 Å². The van der Waals surface area contributed by atoms with Crippen molar-refractivity contribution in [3.05, 3.63) is 93.9 Å². The van der Waals surface area contributed by atoms with E-state index in [1.54, 1.807) is 37.3 Å². The molecule has 0 radical (unpaired) electrons. The van der Waals surface area contributed by atoms with Gasteiger partial charge < -0.3 is 9.88 Å². The van der Waals surface area contributed by atoms with E-state index >= 15 is 0 Å². The highest BCUT2D eigenvalue weighted by Gasteiger charge is 2.25. The van der Waals surface area contributed by atoms with Crippen molar-refractivity contribution in [1.29, 1.82) is 0 Å². The summed E-state index contributed by atoms with van der Waals surface area (Å²) in [5.41, 5.74) is 2.87. The summed E-state index contributed by atoms with van der Waals surface area (Å²) in [6.07, 6.45) is 1.99. The summed E-state index contributed by atoms with van der Waals surface area (Å²) in [4.78, 5) is 30.1. The quantitative estimate of drug-likeness (QED) is 0.454. The predicted octanol–water partition coefficient (Wildman–Crippen LogP) is 4.05. The van der Waals surface area contributed by atoms with Gasteiger partial charge in [0.25, 0.3) is 0 Å². The van der Waals surface area contributed by atoms with Crippen molar-refractivity contribution in [1.82, 2.24) is 9.55 Å². The molecule has 4 aromatic rings. The van der Waals surface area contributed by atoms with Crippen molar-refractivity contribution < 1.29 is 13.2 Å². The van der Waals surface area contributed by atoms with E-state index in [0.717, 1.165) is 17.5 Å². The first kappa shape index (κ1) is 23.4. The number of amides is 1. The molecule has 1 N–H and O–H groups in total. The van der Waals surface area contributed by atoms with Gasteiger partial charge in [-0.3, -0.25) is 9.59 Å².